The molecule has 2 rings (SSSR count). The largest absolute Gasteiger partial charge is 0.320 e. The van der Waals surface area contributed by atoms with E-state index >= 15 is 0 Å². The van der Waals surface area contributed by atoms with E-state index in [1.807, 2.05) is 18.2 Å². The summed E-state index contributed by atoms with van der Waals surface area (Å²) in [6.07, 6.45) is 2.19. The molecule has 0 aliphatic rings. The van der Waals surface area contributed by atoms with Gasteiger partial charge in [-0.3, -0.25) is 0 Å². The standard InChI is InChI=1S/C16H19NO2S/c1-3-12-7-9-13(10-8-12)16(17)14-5-4-6-15(11-14)20(2,18)19/h4-11,16H,3,17H2,1-2H3. The molecule has 4 heteroatoms. The van der Waals surface area contributed by atoms with Crippen LogP contribution < -0.4 is 5.73 Å². The topological polar surface area (TPSA) is 60.2 Å². The number of nitrogens with two attached hydrogens (primary N) is 1. The van der Waals surface area contributed by atoms with E-state index in [1.54, 1.807) is 18.2 Å². The zero-order chi connectivity index (χ0) is 14.8. The molecule has 1 atom stereocenters. The van der Waals surface area contributed by atoms with Gasteiger partial charge in [-0.15, -0.1) is 0 Å². The molecule has 2 aromatic carbocycles. The van der Waals surface area contributed by atoms with Crippen LogP contribution >= 0.6 is 0 Å². The molecule has 1 unspecified atom stereocenters. The van der Waals surface area contributed by atoms with E-state index < -0.39 is 9.84 Å². The lowest BCUT2D eigenvalue weighted by Crippen LogP contribution is -2.12. The van der Waals surface area contributed by atoms with Crippen LogP contribution in [0.4, 0.5) is 0 Å². The lowest BCUT2D eigenvalue weighted by Gasteiger charge is -2.14. The smallest absolute Gasteiger partial charge is 0.175 e. The van der Waals surface area contributed by atoms with Gasteiger partial charge in [0.15, 0.2) is 9.84 Å². The summed E-state index contributed by atoms with van der Waals surface area (Å²) in [5.74, 6) is 0. The number of hydrogen-bond acceptors (Lipinski definition) is 3. The first-order chi connectivity index (χ1) is 9.41. The Balaban J connectivity index is 2.35. The molecule has 20 heavy (non-hydrogen) atoms. The molecule has 0 aliphatic carbocycles. The fourth-order valence-electron chi connectivity index (χ4n) is 2.09. The van der Waals surface area contributed by atoms with E-state index in [1.165, 1.54) is 11.8 Å². The molecule has 0 heterocycles. The first-order valence-electron chi connectivity index (χ1n) is 6.56. The molecule has 0 amide bonds. The molecule has 0 aromatic heterocycles. The van der Waals surface area contributed by atoms with Gasteiger partial charge in [-0.1, -0.05) is 43.3 Å². The maximum absolute atomic E-state index is 11.6. The van der Waals surface area contributed by atoms with Crippen LogP contribution in [0.15, 0.2) is 53.4 Å². The second kappa shape index (κ2) is 5.77. The molecule has 0 fully saturated rings. The van der Waals surface area contributed by atoms with Crippen LogP contribution in [0, 0.1) is 0 Å². The summed E-state index contributed by atoms with van der Waals surface area (Å²) in [5, 5.41) is 0. The number of rotatable bonds is 4. The Hall–Kier alpha value is -1.65. The van der Waals surface area contributed by atoms with Gasteiger partial charge in [0.05, 0.1) is 10.9 Å². The van der Waals surface area contributed by atoms with Crippen LogP contribution in [0.1, 0.15) is 29.7 Å². The quantitative estimate of drug-likeness (QED) is 0.941. The second-order valence-electron chi connectivity index (χ2n) is 4.92. The highest BCUT2D eigenvalue weighted by Crippen LogP contribution is 2.22. The van der Waals surface area contributed by atoms with Crippen molar-refractivity contribution < 1.29 is 8.42 Å². The van der Waals surface area contributed by atoms with Crippen molar-refractivity contribution in [1.82, 2.24) is 0 Å². The Labute approximate surface area is 120 Å². The van der Waals surface area contributed by atoms with Crippen molar-refractivity contribution in [3.05, 3.63) is 65.2 Å². The summed E-state index contributed by atoms with van der Waals surface area (Å²) in [4.78, 5) is 0.302. The van der Waals surface area contributed by atoms with Crippen molar-refractivity contribution in [2.75, 3.05) is 6.26 Å². The van der Waals surface area contributed by atoms with Crippen molar-refractivity contribution in [2.24, 2.45) is 5.73 Å². The number of aryl methyl sites for hydroxylation is 1. The SMILES string of the molecule is CCc1ccc(C(N)c2cccc(S(C)(=O)=O)c2)cc1. The van der Waals surface area contributed by atoms with Gasteiger partial charge in [0.2, 0.25) is 0 Å². The molecular weight excluding hydrogens is 270 g/mol. The van der Waals surface area contributed by atoms with E-state index in [0.29, 0.717) is 4.90 Å². The summed E-state index contributed by atoms with van der Waals surface area (Å²) in [5.41, 5.74) is 9.26. The van der Waals surface area contributed by atoms with Crippen LogP contribution in [0.2, 0.25) is 0 Å². The van der Waals surface area contributed by atoms with Crippen molar-refractivity contribution in [2.45, 2.75) is 24.3 Å². The second-order valence-corrected chi connectivity index (χ2v) is 6.93. The predicted molar refractivity (Wildman–Crippen MR) is 81.4 cm³/mol. The molecule has 0 radical (unpaired) electrons. The maximum Gasteiger partial charge on any atom is 0.175 e. The van der Waals surface area contributed by atoms with Crippen molar-refractivity contribution in [3.8, 4) is 0 Å². The van der Waals surface area contributed by atoms with E-state index in [9.17, 15) is 8.42 Å². The summed E-state index contributed by atoms with van der Waals surface area (Å²) >= 11 is 0. The first-order valence-corrected chi connectivity index (χ1v) is 8.45. The molecule has 0 saturated heterocycles. The fraction of sp³-hybridized carbons (Fsp3) is 0.250. The third kappa shape index (κ3) is 3.26. The molecular formula is C16H19NO2S. The minimum atomic E-state index is -3.21. The molecule has 106 valence electrons. The van der Waals surface area contributed by atoms with Crippen LogP contribution in [0.25, 0.3) is 0 Å². The van der Waals surface area contributed by atoms with Crippen molar-refractivity contribution >= 4 is 9.84 Å². The molecule has 0 aliphatic heterocycles. The number of hydrogen-bond donors (Lipinski definition) is 1. The van der Waals surface area contributed by atoms with Gasteiger partial charge in [-0.25, -0.2) is 8.42 Å². The highest BCUT2D eigenvalue weighted by Gasteiger charge is 2.12. The van der Waals surface area contributed by atoms with Gasteiger partial charge in [-0.2, -0.15) is 0 Å². The zero-order valence-corrected chi connectivity index (χ0v) is 12.5. The minimum absolute atomic E-state index is 0.302. The Morgan fingerprint density at radius 1 is 1.05 bits per heavy atom. The van der Waals surface area contributed by atoms with Gasteiger partial charge < -0.3 is 5.73 Å². The summed E-state index contributed by atoms with van der Waals surface area (Å²) in [6, 6.07) is 14.6. The Morgan fingerprint density at radius 2 is 1.70 bits per heavy atom. The fourth-order valence-corrected chi connectivity index (χ4v) is 2.77. The van der Waals surface area contributed by atoms with Crippen LogP contribution in [0.3, 0.4) is 0 Å². The molecule has 2 N–H and O–H groups in total. The minimum Gasteiger partial charge on any atom is -0.320 e. The van der Waals surface area contributed by atoms with Crippen LogP contribution in [-0.2, 0) is 16.3 Å². The lowest BCUT2D eigenvalue weighted by atomic mass is 9.98. The number of benzene rings is 2. The zero-order valence-electron chi connectivity index (χ0n) is 11.7. The van der Waals surface area contributed by atoms with Crippen LogP contribution in [0.5, 0.6) is 0 Å². The average Bonchev–Trinajstić information content (AvgIpc) is 2.46. The third-order valence-corrected chi connectivity index (χ3v) is 4.50. The Morgan fingerprint density at radius 3 is 2.25 bits per heavy atom. The van der Waals surface area contributed by atoms with Gasteiger partial charge in [0.1, 0.15) is 0 Å². The van der Waals surface area contributed by atoms with E-state index in [4.69, 9.17) is 5.73 Å². The number of sulfone groups is 1. The predicted octanol–water partition coefficient (Wildman–Crippen LogP) is 2.70. The molecule has 0 bridgehead atoms. The Bertz CT molecular complexity index is 691. The van der Waals surface area contributed by atoms with E-state index in [0.717, 1.165) is 17.5 Å². The summed E-state index contributed by atoms with van der Waals surface area (Å²) in [7, 11) is -3.21. The van der Waals surface area contributed by atoms with E-state index in [-0.39, 0.29) is 6.04 Å². The highest BCUT2D eigenvalue weighted by molar-refractivity contribution is 7.90. The van der Waals surface area contributed by atoms with Gasteiger partial charge in [0.25, 0.3) is 0 Å². The third-order valence-electron chi connectivity index (χ3n) is 3.39. The van der Waals surface area contributed by atoms with Crippen molar-refractivity contribution in [3.63, 3.8) is 0 Å². The van der Waals surface area contributed by atoms with Gasteiger partial charge in [0, 0.05) is 6.26 Å². The van der Waals surface area contributed by atoms with Crippen LogP contribution in [-0.4, -0.2) is 14.7 Å². The molecule has 2 aromatic rings. The molecule has 0 spiro atoms. The highest BCUT2D eigenvalue weighted by atomic mass is 32.2. The normalized spacial score (nSPS) is 13.2. The lowest BCUT2D eigenvalue weighted by molar-refractivity contribution is 0.601. The summed E-state index contributed by atoms with van der Waals surface area (Å²) < 4.78 is 23.2. The Kier molecular flexibility index (Phi) is 4.26. The average molecular weight is 289 g/mol. The van der Waals surface area contributed by atoms with Crippen molar-refractivity contribution in [1.29, 1.82) is 0 Å². The van der Waals surface area contributed by atoms with Gasteiger partial charge >= 0.3 is 0 Å². The monoisotopic (exact) mass is 289 g/mol. The maximum atomic E-state index is 11.6. The molecule has 0 saturated carbocycles. The van der Waals surface area contributed by atoms with Gasteiger partial charge in [-0.05, 0) is 35.2 Å². The summed E-state index contributed by atoms with van der Waals surface area (Å²) in [6.45, 7) is 2.10. The van der Waals surface area contributed by atoms with E-state index in [2.05, 4.69) is 19.1 Å². The first kappa shape index (κ1) is 14.8. The molecule has 3 nitrogen and oxygen atoms in total.